The van der Waals surface area contributed by atoms with Crippen LogP contribution in [0.5, 0.6) is 0 Å². The van der Waals surface area contributed by atoms with Gasteiger partial charge < -0.3 is 0 Å². The van der Waals surface area contributed by atoms with E-state index in [9.17, 15) is 23.2 Å². The number of hydrogen-bond acceptors (Lipinski definition) is 3. The second-order valence-corrected chi connectivity index (χ2v) is 4.81. The molecular weight excluding hydrogens is 282 g/mol. The van der Waals surface area contributed by atoms with Crippen molar-refractivity contribution in [3.05, 3.63) is 35.4 Å². The third-order valence-electron chi connectivity index (χ3n) is 3.26. The summed E-state index contributed by atoms with van der Waals surface area (Å²) < 4.78 is 26.0. The van der Waals surface area contributed by atoms with Gasteiger partial charge in [-0.2, -0.15) is 0 Å². The van der Waals surface area contributed by atoms with Crippen LogP contribution in [0.2, 0.25) is 0 Å². The highest BCUT2D eigenvalue weighted by molar-refractivity contribution is 6.16. The van der Waals surface area contributed by atoms with Crippen LogP contribution in [0.1, 0.15) is 25.3 Å². The van der Waals surface area contributed by atoms with Gasteiger partial charge in [-0.25, -0.2) is 13.6 Å². The van der Waals surface area contributed by atoms with Crippen LogP contribution in [0, 0.1) is 17.6 Å². The van der Waals surface area contributed by atoms with E-state index in [1.807, 2.05) is 6.92 Å². The van der Waals surface area contributed by atoms with Crippen LogP contribution in [0.15, 0.2) is 18.2 Å². The first-order valence-corrected chi connectivity index (χ1v) is 6.54. The zero-order chi connectivity index (χ0) is 15.6. The van der Waals surface area contributed by atoms with E-state index in [1.165, 1.54) is 6.07 Å². The minimum absolute atomic E-state index is 0.213. The summed E-state index contributed by atoms with van der Waals surface area (Å²) in [6.45, 7) is 1.60. The lowest BCUT2D eigenvalue weighted by atomic mass is 9.99. The quantitative estimate of drug-likeness (QED) is 0.864. The average molecular weight is 296 g/mol. The van der Waals surface area contributed by atoms with Crippen molar-refractivity contribution in [2.45, 2.75) is 26.3 Å². The Morgan fingerprint density at radius 1 is 1.19 bits per heavy atom. The Labute approximate surface area is 119 Å². The molecule has 1 N–H and O–H groups in total. The fourth-order valence-electron chi connectivity index (χ4n) is 2.17. The zero-order valence-corrected chi connectivity index (χ0v) is 11.4. The van der Waals surface area contributed by atoms with Crippen LogP contribution >= 0.6 is 0 Å². The second-order valence-electron chi connectivity index (χ2n) is 4.81. The van der Waals surface area contributed by atoms with Crippen LogP contribution in [0.3, 0.4) is 0 Å². The van der Waals surface area contributed by atoms with Crippen molar-refractivity contribution < 1.29 is 23.2 Å². The molecule has 1 unspecified atom stereocenters. The second kappa shape index (κ2) is 5.99. The van der Waals surface area contributed by atoms with E-state index in [0.29, 0.717) is 12.8 Å². The molecule has 112 valence electrons. The van der Waals surface area contributed by atoms with E-state index in [1.54, 1.807) is 0 Å². The number of carbonyl (C=O) groups is 3. The number of barbiturate groups is 1. The lowest BCUT2D eigenvalue weighted by Crippen LogP contribution is -2.57. The molecule has 1 aliphatic heterocycles. The van der Waals surface area contributed by atoms with Gasteiger partial charge in [0.15, 0.2) is 11.6 Å². The normalized spacial score (nSPS) is 18.9. The number of urea groups is 1. The molecule has 1 saturated heterocycles. The van der Waals surface area contributed by atoms with Gasteiger partial charge in [0.1, 0.15) is 5.92 Å². The van der Waals surface area contributed by atoms with Crippen LogP contribution in [0.25, 0.3) is 0 Å². The van der Waals surface area contributed by atoms with E-state index in [0.717, 1.165) is 17.0 Å². The highest BCUT2D eigenvalue weighted by Gasteiger charge is 2.39. The maximum Gasteiger partial charge on any atom is 0.331 e. The van der Waals surface area contributed by atoms with Crippen molar-refractivity contribution >= 4 is 17.8 Å². The Bertz CT molecular complexity index is 604. The predicted octanol–water partition coefficient (Wildman–Crippen LogP) is 1.96. The summed E-state index contributed by atoms with van der Waals surface area (Å²) in [6.07, 6.45) is 0.934. The molecule has 1 aliphatic rings. The van der Waals surface area contributed by atoms with Crippen molar-refractivity contribution in [1.29, 1.82) is 0 Å². The lowest BCUT2D eigenvalue weighted by Gasteiger charge is -2.30. The Kier molecular flexibility index (Phi) is 4.30. The number of rotatable bonds is 4. The number of imide groups is 2. The molecular formula is C14H14F2N2O3. The molecule has 7 heteroatoms. The van der Waals surface area contributed by atoms with Gasteiger partial charge in [0, 0.05) is 0 Å². The fraction of sp³-hybridized carbons (Fsp3) is 0.357. The number of nitrogens with one attached hydrogen (secondary N) is 1. The summed E-state index contributed by atoms with van der Waals surface area (Å²) in [5, 5.41) is 2.10. The van der Waals surface area contributed by atoms with E-state index in [-0.39, 0.29) is 12.1 Å². The molecule has 1 aromatic carbocycles. The van der Waals surface area contributed by atoms with Crippen molar-refractivity contribution in [3.63, 3.8) is 0 Å². The van der Waals surface area contributed by atoms with E-state index >= 15 is 0 Å². The molecule has 21 heavy (non-hydrogen) atoms. The van der Waals surface area contributed by atoms with Gasteiger partial charge in [0.25, 0.3) is 0 Å². The molecule has 2 rings (SSSR count). The van der Waals surface area contributed by atoms with Gasteiger partial charge in [0.05, 0.1) is 6.54 Å². The van der Waals surface area contributed by atoms with Gasteiger partial charge in [-0.1, -0.05) is 19.4 Å². The maximum absolute atomic E-state index is 13.2. The summed E-state index contributed by atoms with van der Waals surface area (Å²) in [4.78, 5) is 36.3. The van der Waals surface area contributed by atoms with Crippen molar-refractivity contribution in [3.8, 4) is 0 Å². The average Bonchev–Trinajstić information content (AvgIpc) is 2.43. The molecule has 0 bridgehead atoms. The minimum atomic E-state index is -1.06. The topological polar surface area (TPSA) is 66.5 Å². The smallest absolute Gasteiger partial charge is 0.277 e. The van der Waals surface area contributed by atoms with Crippen LogP contribution < -0.4 is 5.32 Å². The number of benzene rings is 1. The molecule has 1 aromatic rings. The van der Waals surface area contributed by atoms with Gasteiger partial charge in [-0.05, 0) is 24.1 Å². The fourth-order valence-corrected chi connectivity index (χ4v) is 2.17. The first-order chi connectivity index (χ1) is 9.93. The minimum Gasteiger partial charge on any atom is -0.277 e. The molecule has 1 atom stereocenters. The summed E-state index contributed by atoms with van der Waals surface area (Å²) in [5.41, 5.74) is 0.266. The SMILES string of the molecule is CCCC1C(=O)NC(=O)N(Cc2ccc(F)c(F)c2)C1=O. The summed E-state index contributed by atoms with van der Waals surface area (Å²) >= 11 is 0. The molecule has 0 radical (unpaired) electrons. The maximum atomic E-state index is 13.2. The molecule has 4 amide bonds. The zero-order valence-electron chi connectivity index (χ0n) is 11.4. The van der Waals surface area contributed by atoms with Gasteiger partial charge in [-0.15, -0.1) is 0 Å². The number of amides is 4. The number of hydrogen-bond donors (Lipinski definition) is 1. The largest absolute Gasteiger partial charge is 0.331 e. The third kappa shape index (κ3) is 3.07. The third-order valence-corrected chi connectivity index (χ3v) is 3.26. The van der Waals surface area contributed by atoms with E-state index in [4.69, 9.17) is 0 Å². The summed E-state index contributed by atoms with van der Waals surface area (Å²) in [7, 11) is 0. The number of halogens is 2. The number of carbonyl (C=O) groups excluding carboxylic acids is 3. The molecule has 1 fully saturated rings. The molecule has 0 aliphatic carbocycles. The van der Waals surface area contributed by atoms with E-state index < -0.39 is 35.4 Å². The monoisotopic (exact) mass is 296 g/mol. The first kappa shape index (κ1) is 15.1. The van der Waals surface area contributed by atoms with Crippen LogP contribution in [-0.4, -0.2) is 22.7 Å². The van der Waals surface area contributed by atoms with Crippen molar-refractivity contribution in [2.75, 3.05) is 0 Å². The van der Waals surface area contributed by atoms with Crippen LogP contribution in [0.4, 0.5) is 13.6 Å². The molecule has 0 aromatic heterocycles. The van der Waals surface area contributed by atoms with Gasteiger partial charge in [-0.3, -0.25) is 19.8 Å². The Hall–Kier alpha value is -2.31. The molecule has 1 heterocycles. The lowest BCUT2D eigenvalue weighted by molar-refractivity contribution is -0.143. The molecule has 0 spiro atoms. The van der Waals surface area contributed by atoms with Crippen LogP contribution in [-0.2, 0) is 16.1 Å². The predicted molar refractivity (Wildman–Crippen MR) is 68.8 cm³/mol. The van der Waals surface area contributed by atoms with Gasteiger partial charge >= 0.3 is 6.03 Å². The summed E-state index contributed by atoms with van der Waals surface area (Å²) in [6, 6.07) is 2.28. The Morgan fingerprint density at radius 3 is 2.52 bits per heavy atom. The molecule has 5 nitrogen and oxygen atoms in total. The highest BCUT2D eigenvalue weighted by atomic mass is 19.2. The molecule has 0 saturated carbocycles. The summed E-state index contributed by atoms with van der Waals surface area (Å²) in [5.74, 6) is -4.22. The first-order valence-electron chi connectivity index (χ1n) is 6.54. The standard InChI is InChI=1S/C14H14F2N2O3/c1-2-3-9-12(19)17-14(21)18(13(9)20)7-8-4-5-10(15)11(16)6-8/h4-6,9H,2-3,7H2,1H3,(H,17,19,21). The number of nitrogens with zero attached hydrogens (tertiary/aromatic N) is 1. The Morgan fingerprint density at radius 2 is 1.90 bits per heavy atom. The van der Waals surface area contributed by atoms with Crippen molar-refractivity contribution in [2.24, 2.45) is 5.92 Å². The van der Waals surface area contributed by atoms with Gasteiger partial charge in [0.2, 0.25) is 11.8 Å². The highest BCUT2D eigenvalue weighted by Crippen LogP contribution is 2.19. The van der Waals surface area contributed by atoms with Crippen molar-refractivity contribution in [1.82, 2.24) is 10.2 Å². The Balaban J connectivity index is 2.20. The van der Waals surface area contributed by atoms with E-state index in [2.05, 4.69) is 5.32 Å².